The van der Waals surface area contributed by atoms with Gasteiger partial charge in [-0.05, 0) is 56.3 Å². The molecule has 1 saturated heterocycles. The van der Waals surface area contributed by atoms with Gasteiger partial charge < -0.3 is 14.8 Å². The maximum absolute atomic E-state index is 13.1. The van der Waals surface area contributed by atoms with Crippen LogP contribution in [0.25, 0.3) is 11.0 Å². The van der Waals surface area contributed by atoms with Crippen LogP contribution >= 0.6 is 0 Å². The van der Waals surface area contributed by atoms with Gasteiger partial charge in [-0.2, -0.15) is 0 Å². The first-order valence-electron chi connectivity index (χ1n) is 11.5. The number of hydrogen-bond acceptors (Lipinski definition) is 5. The Morgan fingerprint density at radius 1 is 1.03 bits per heavy atom. The SMILES string of the molecule is Cc1nc2ccccc2n(CCC(=O)NCCCN2CCN(c3ccc(F)cc3)CC2)c1=O. The van der Waals surface area contributed by atoms with Crippen LogP contribution < -0.4 is 15.8 Å². The molecule has 0 radical (unpaired) electrons. The first-order chi connectivity index (χ1) is 16.0. The molecular formula is C25H30FN5O2. The van der Waals surface area contributed by atoms with Crippen LogP contribution in [0.2, 0.25) is 0 Å². The van der Waals surface area contributed by atoms with E-state index in [9.17, 15) is 14.0 Å². The van der Waals surface area contributed by atoms with Crippen molar-refractivity contribution in [3.05, 3.63) is 70.4 Å². The minimum Gasteiger partial charge on any atom is -0.369 e. The number of hydrogen-bond donors (Lipinski definition) is 1. The number of halogens is 1. The van der Waals surface area contributed by atoms with E-state index in [0.717, 1.165) is 55.9 Å². The fourth-order valence-corrected chi connectivity index (χ4v) is 4.26. The second kappa shape index (κ2) is 10.6. The standard InChI is InChI=1S/C25H30FN5O2/c1-19-25(33)31(23-6-3-2-5-22(23)28-19)14-11-24(32)27-12-4-13-29-15-17-30(18-16-29)21-9-7-20(26)8-10-21/h2-3,5-10H,4,11-18H2,1H3,(H,27,32). The Morgan fingerprint density at radius 2 is 1.76 bits per heavy atom. The molecule has 0 spiro atoms. The lowest BCUT2D eigenvalue weighted by atomic mass is 10.2. The molecule has 4 rings (SSSR count). The Labute approximate surface area is 192 Å². The summed E-state index contributed by atoms with van der Waals surface area (Å²) in [6.07, 6.45) is 1.13. The molecule has 2 aromatic carbocycles. The van der Waals surface area contributed by atoms with E-state index in [1.807, 2.05) is 36.4 Å². The van der Waals surface area contributed by atoms with Crippen LogP contribution in [0.15, 0.2) is 53.3 Å². The number of fused-ring (bicyclic) bond motifs is 1. The van der Waals surface area contributed by atoms with Crippen molar-refractivity contribution in [3.8, 4) is 0 Å². The number of benzene rings is 2. The van der Waals surface area contributed by atoms with Crippen molar-refractivity contribution >= 4 is 22.6 Å². The Morgan fingerprint density at radius 3 is 2.52 bits per heavy atom. The zero-order valence-corrected chi connectivity index (χ0v) is 19.0. The quantitative estimate of drug-likeness (QED) is 0.533. The highest BCUT2D eigenvalue weighted by atomic mass is 19.1. The van der Waals surface area contributed by atoms with Crippen molar-refractivity contribution < 1.29 is 9.18 Å². The topological polar surface area (TPSA) is 70.5 Å². The highest BCUT2D eigenvalue weighted by molar-refractivity contribution is 5.77. The summed E-state index contributed by atoms with van der Waals surface area (Å²) < 4.78 is 14.7. The fraction of sp³-hybridized carbons (Fsp3) is 0.400. The number of rotatable bonds is 8. The average molecular weight is 452 g/mol. The number of carbonyl (C=O) groups is 1. The van der Waals surface area contributed by atoms with Gasteiger partial charge in [0, 0.05) is 51.4 Å². The molecule has 1 fully saturated rings. The number of aryl methyl sites for hydroxylation is 2. The summed E-state index contributed by atoms with van der Waals surface area (Å²) >= 11 is 0. The third-order valence-electron chi connectivity index (χ3n) is 6.12. The van der Waals surface area contributed by atoms with E-state index in [1.54, 1.807) is 11.5 Å². The molecule has 0 aliphatic carbocycles. The Balaban J connectivity index is 1.18. The van der Waals surface area contributed by atoms with E-state index in [0.29, 0.717) is 18.8 Å². The Kier molecular flexibility index (Phi) is 7.34. The maximum atomic E-state index is 13.1. The maximum Gasteiger partial charge on any atom is 0.272 e. The summed E-state index contributed by atoms with van der Waals surface area (Å²) in [7, 11) is 0. The molecule has 1 aliphatic rings. The van der Waals surface area contributed by atoms with Gasteiger partial charge in [-0.1, -0.05) is 12.1 Å². The van der Waals surface area contributed by atoms with Crippen molar-refractivity contribution in [2.75, 3.05) is 44.2 Å². The van der Waals surface area contributed by atoms with E-state index in [2.05, 4.69) is 20.1 Å². The van der Waals surface area contributed by atoms with Gasteiger partial charge in [0.15, 0.2) is 0 Å². The number of nitrogens with one attached hydrogen (secondary N) is 1. The van der Waals surface area contributed by atoms with Crippen LogP contribution in [0, 0.1) is 12.7 Å². The van der Waals surface area contributed by atoms with Crippen LogP contribution in [0.4, 0.5) is 10.1 Å². The fourth-order valence-electron chi connectivity index (χ4n) is 4.26. The predicted octanol–water partition coefficient (Wildman–Crippen LogP) is 2.56. The van der Waals surface area contributed by atoms with E-state index < -0.39 is 0 Å². The van der Waals surface area contributed by atoms with Gasteiger partial charge in [-0.25, -0.2) is 9.37 Å². The molecule has 1 amide bonds. The first kappa shape index (κ1) is 22.9. The van der Waals surface area contributed by atoms with Crippen LogP contribution in [-0.4, -0.2) is 59.6 Å². The largest absolute Gasteiger partial charge is 0.369 e. The molecule has 0 saturated carbocycles. The molecule has 0 unspecified atom stereocenters. The normalized spacial score (nSPS) is 14.5. The van der Waals surface area contributed by atoms with Crippen molar-refractivity contribution in [1.29, 1.82) is 0 Å². The minimum atomic E-state index is -0.212. The lowest BCUT2D eigenvalue weighted by molar-refractivity contribution is -0.121. The second-order valence-corrected chi connectivity index (χ2v) is 8.40. The highest BCUT2D eigenvalue weighted by Gasteiger charge is 2.17. The molecule has 33 heavy (non-hydrogen) atoms. The molecule has 1 aliphatic heterocycles. The lowest BCUT2D eigenvalue weighted by Crippen LogP contribution is -2.47. The molecule has 1 aromatic heterocycles. The third kappa shape index (κ3) is 5.76. The molecule has 174 valence electrons. The summed E-state index contributed by atoms with van der Waals surface area (Å²) in [6.45, 7) is 7.28. The van der Waals surface area contributed by atoms with Gasteiger partial charge in [-0.15, -0.1) is 0 Å². The Hall–Kier alpha value is -3.26. The second-order valence-electron chi connectivity index (χ2n) is 8.40. The monoisotopic (exact) mass is 451 g/mol. The van der Waals surface area contributed by atoms with Crippen molar-refractivity contribution in [3.63, 3.8) is 0 Å². The van der Waals surface area contributed by atoms with Gasteiger partial charge in [0.05, 0.1) is 11.0 Å². The number of piperazine rings is 1. The summed E-state index contributed by atoms with van der Waals surface area (Å²) in [6, 6.07) is 14.1. The van der Waals surface area contributed by atoms with Crippen molar-refractivity contribution in [1.82, 2.24) is 19.8 Å². The molecule has 2 heterocycles. The summed E-state index contributed by atoms with van der Waals surface area (Å²) in [5, 5.41) is 2.97. The molecule has 0 bridgehead atoms. The van der Waals surface area contributed by atoms with E-state index >= 15 is 0 Å². The molecular weight excluding hydrogens is 421 g/mol. The van der Waals surface area contributed by atoms with Crippen LogP contribution in [0.5, 0.6) is 0 Å². The minimum absolute atomic E-state index is 0.0541. The van der Waals surface area contributed by atoms with Crippen LogP contribution in [0.3, 0.4) is 0 Å². The molecule has 0 atom stereocenters. The van der Waals surface area contributed by atoms with Gasteiger partial charge in [0.2, 0.25) is 5.91 Å². The molecule has 7 nitrogen and oxygen atoms in total. The summed E-state index contributed by atoms with van der Waals surface area (Å²) in [5.74, 6) is -0.266. The van der Waals surface area contributed by atoms with Crippen molar-refractivity contribution in [2.24, 2.45) is 0 Å². The van der Waals surface area contributed by atoms with Gasteiger partial charge in [0.25, 0.3) is 5.56 Å². The van der Waals surface area contributed by atoms with Crippen LogP contribution in [0.1, 0.15) is 18.5 Å². The number of nitrogens with zero attached hydrogens (tertiary/aromatic N) is 4. The van der Waals surface area contributed by atoms with E-state index in [-0.39, 0.29) is 23.7 Å². The molecule has 3 aromatic rings. The molecule has 1 N–H and O–H groups in total. The molecule has 8 heteroatoms. The average Bonchev–Trinajstić information content (AvgIpc) is 2.83. The summed E-state index contributed by atoms with van der Waals surface area (Å²) in [5.41, 5.74) is 2.85. The lowest BCUT2D eigenvalue weighted by Gasteiger charge is -2.36. The first-order valence-corrected chi connectivity index (χ1v) is 11.5. The van der Waals surface area contributed by atoms with Crippen molar-refractivity contribution in [2.45, 2.75) is 26.3 Å². The number of aromatic nitrogens is 2. The van der Waals surface area contributed by atoms with Gasteiger partial charge in [-0.3, -0.25) is 14.5 Å². The summed E-state index contributed by atoms with van der Waals surface area (Å²) in [4.78, 5) is 33.8. The zero-order valence-electron chi connectivity index (χ0n) is 19.0. The predicted molar refractivity (Wildman–Crippen MR) is 128 cm³/mol. The number of anilines is 1. The Bertz CT molecular complexity index is 1150. The van der Waals surface area contributed by atoms with E-state index in [1.165, 1.54) is 12.1 Å². The highest BCUT2D eigenvalue weighted by Crippen LogP contribution is 2.17. The van der Waals surface area contributed by atoms with Gasteiger partial charge in [0.1, 0.15) is 11.5 Å². The smallest absolute Gasteiger partial charge is 0.272 e. The van der Waals surface area contributed by atoms with Gasteiger partial charge >= 0.3 is 0 Å². The third-order valence-corrected chi connectivity index (χ3v) is 6.12. The number of amides is 1. The number of carbonyl (C=O) groups excluding carboxylic acids is 1. The van der Waals surface area contributed by atoms with E-state index in [4.69, 9.17) is 0 Å². The zero-order chi connectivity index (χ0) is 23.2. The number of para-hydroxylation sites is 2. The van der Waals surface area contributed by atoms with Crippen LogP contribution in [-0.2, 0) is 11.3 Å².